The lowest BCUT2D eigenvalue weighted by Gasteiger charge is -2.29. The highest BCUT2D eigenvalue weighted by atomic mass is 35.5. The van der Waals surface area contributed by atoms with Crippen LogP contribution in [0.2, 0.25) is 5.02 Å². The molecule has 0 amide bonds. The van der Waals surface area contributed by atoms with Gasteiger partial charge in [-0.15, -0.1) is 0 Å². The average Bonchev–Trinajstić information content (AvgIpc) is 2.98. The molecule has 3 rings (SSSR count). The first-order valence-corrected chi connectivity index (χ1v) is 7.85. The fourth-order valence-corrected chi connectivity index (χ4v) is 3.17. The van der Waals surface area contributed by atoms with E-state index in [0.717, 1.165) is 19.4 Å². The van der Waals surface area contributed by atoms with E-state index in [9.17, 15) is 0 Å². The van der Waals surface area contributed by atoms with Crippen LogP contribution in [-0.2, 0) is 0 Å². The van der Waals surface area contributed by atoms with Crippen molar-refractivity contribution in [1.29, 1.82) is 0 Å². The summed E-state index contributed by atoms with van der Waals surface area (Å²) >= 11 is 6.14. The molecule has 1 fully saturated rings. The summed E-state index contributed by atoms with van der Waals surface area (Å²) in [6, 6.07) is 3.98. The van der Waals surface area contributed by atoms with Gasteiger partial charge in [-0.1, -0.05) is 36.5 Å². The third-order valence-corrected chi connectivity index (χ3v) is 4.27. The van der Waals surface area contributed by atoms with E-state index < -0.39 is 0 Å². The Balaban J connectivity index is 1.85. The fraction of sp³-hybridized carbons (Fsp3) is 0.533. The molecule has 21 heavy (non-hydrogen) atoms. The van der Waals surface area contributed by atoms with Crippen LogP contribution in [-0.4, -0.2) is 27.7 Å². The summed E-state index contributed by atoms with van der Waals surface area (Å²) in [6.07, 6.45) is 6.37. The molecule has 0 aromatic carbocycles. The van der Waals surface area contributed by atoms with Crippen molar-refractivity contribution in [2.45, 2.75) is 44.6 Å². The summed E-state index contributed by atoms with van der Waals surface area (Å²) in [5, 5.41) is 8.12. The van der Waals surface area contributed by atoms with Crippen molar-refractivity contribution in [1.82, 2.24) is 20.4 Å². The van der Waals surface area contributed by atoms with Gasteiger partial charge in [0, 0.05) is 12.2 Å². The lowest BCUT2D eigenvalue weighted by atomic mass is 9.84. The molecule has 2 unspecified atom stereocenters. The zero-order chi connectivity index (χ0) is 14.7. The first-order chi connectivity index (χ1) is 10.3. The van der Waals surface area contributed by atoms with Gasteiger partial charge in [0.05, 0.1) is 10.9 Å². The lowest BCUT2D eigenvalue weighted by molar-refractivity contribution is 0.265. The van der Waals surface area contributed by atoms with Gasteiger partial charge in [0.2, 0.25) is 11.7 Å². The lowest BCUT2D eigenvalue weighted by Crippen LogP contribution is -2.37. The number of nitrogens with zero attached hydrogens (tertiary/aromatic N) is 3. The molecule has 1 saturated carbocycles. The molecule has 1 aliphatic carbocycles. The van der Waals surface area contributed by atoms with Crippen LogP contribution in [0.5, 0.6) is 0 Å². The number of nitrogens with one attached hydrogen (secondary N) is 1. The van der Waals surface area contributed by atoms with Crippen molar-refractivity contribution < 1.29 is 4.52 Å². The molecule has 2 heterocycles. The summed E-state index contributed by atoms with van der Waals surface area (Å²) in [4.78, 5) is 8.76. The molecular formula is C15H19ClN4O. The van der Waals surface area contributed by atoms with Gasteiger partial charge in [-0.25, -0.2) is 0 Å². The third-order valence-electron chi connectivity index (χ3n) is 3.96. The predicted molar refractivity (Wildman–Crippen MR) is 81.2 cm³/mol. The maximum absolute atomic E-state index is 6.14. The molecule has 2 aromatic rings. The molecule has 0 bridgehead atoms. The summed E-state index contributed by atoms with van der Waals surface area (Å²) in [7, 11) is 0. The van der Waals surface area contributed by atoms with Crippen molar-refractivity contribution >= 4 is 11.6 Å². The van der Waals surface area contributed by atoms with E-state index in [-0.39, 0.29) is 5.92 Å². The normalized spacial score (nSPS) is 22.4. The number of halogens is 1. The Bertz CT molecular complexity index is 599. The summed E-state index contributed by atoms with van der Waals surface area (Å²) in [5.74, 6) is 1.44. The standard InChI is InChI=1S/C15H19ClN4O/c1-2-17-12-8-4-3-6-10(12)15-19-14(20-21-15)13-11(16)7-5-9-18-13/h5,7,9-10,12,17H,2-4,6,8H2,1H3. The van der Waals surface area contributed by atoms with E-state index in [2.05, 4.69) is 27.4 Å². The third kappa shape index (κ3) is 3.09. The molecule has 0 saturated heterocycles. The van der Waals surface area contributed by atoms with Crippen molar-refractivity contribution in [3.63, 3.8) is 0 Å². The molecule has 6 heteroatoms. The van der Waals surface area contributed by atoms with Crippen LogP contribution in [0.1, 0.15) is 44.4 Å². The minimum atomic E-state index is 0.280. The molecule has 2 aromatic heterocycles. The van der Waals surface area contributed by atoms with Crippen LogP contribution in [0.4, 0.5) is 0 Å². The van der Waals surface area contributed by atoms with Crippen LogP contribution < -0.4 is 5.32 Å². The van der Waals surface area contributed by atoms with Gasteiger partial charge in [-0.05, 0) is 31.5 Å². The molecular weight excluding hydrogens is 288 g/mol. The smallest absolute Gasteiger partial charge is 0.231 e. The van der Waals surface area contributed by atoms with Gasteiger partial charge in [-0.2, -0.15) is 4.98 Å². The van der Waals surface area contributed by atoms with Gasteiger partial charge in [-0.3, -0.25) is 4.98 Å². The van der Waals surface area contributed by atoms with Gasteiger partial charge in [0.1, 0.15) is 5.69 Å². The molecule has 5 nitrogen and oxygen atoms in total. The monoisotopic (exact) mass is 306 g/mol. The number of hydrogen-bond donors (Lipinski definition) is 1. The Labute approximate surface area is 129 Å². The number of aromatic nitrogens is 3. The Morgan fingerprint density at radius 3 is 3.05 bits per heavy atom. The first kappa shape index (κ1) is 14.5. The maximum atomic E-state index is 6.14. The quantitative estimate of drug-likeness (QED) is 0.937. The van der Waals surface area contributed by atoms with Gasteiger partial charge in [0.25, 0.3) is 0 Å². The summed E-state index contributed by atoms with van der Waals surface area (Å²) < 4.78 is 5.49. The maximum Gasteiger partial charge on any atom is 0.231 e. The van der Waals surface area contributed by atoms with Gasteiger partial charge >= 0.3 is 0 Å². The Hall–Kier alpha value is -1.46. The molecule has 0 spiro atoms. The van der Waals surface area contributed by atoms with Crippen LogP contribution in [0.15, 0.2) is 22.9 Å². The molecule has 0 aliphatic heterocycles. The van der Waals surface area contributed by atoms with E-state index >= 15 is 0 Å². The minimum Gasteiger partial charge on any atom is -0.339 e. The zero-order valence-corrected chi connectivity index (χ0v) is 12.8. The van der Waals surface area contributed by atoms with E-state index in [1.807, 2.05) is 0 Å². The van der Waals surface area contributed by atoms with E-state index in [0.29, 0.717) is 28.5 Å². The predicted octanol–water partition coefficient (Wildman–Crippen LogP) is 3.42. The van der Waals surface area contributed by atoms with Gasteiger partial charge in [0.15, 0.2) is 0 Å². The van der Waals surface area contributed by atoms with Crippen LogP contribution >= 0.6 is 11.6 Å². The molecule has 1 aliphatic rings. The molecule has 112 valence electrons. The number of likely N-dealkylation sites (N-methyl/N-ethyl adjacent to an activating group) is 1. The van der Waals surface area contributed by atoms with Crippen molar-refractivity contribution in [2.24, 2.45) is 0 Å². The average molecular weight is 307 g/mol. The second-order valence-corrected chi connectivity index (χ2v) is 5.75. The number of pyridine rings is 1. The Morgan fingerprint density at radius 2 is 2.24 bits per heavy atom. The number of rotatable bonds is 4. The highest BCUT2D eigenvalue weighted by molar-refractivity contribution is 6.32. The van der Waals surface area contributed by atoms with E-state index in [1.54, 1.807) is 18.3 Å². The topological polar surface area (TPSA) is 63.8 Å². The Kier molecular flexibility index (Phi) is 4.51. The summed E-state index contributed by atoms with van der Waals surface area (Å²) in [5.41, 5.74) is 0.574. The molecule has 0 radical (unpaired) electrons. The largest absolute Gasteiger partial charge is 0.339 e. The second kappa shape index (κ2) is 6.54. The van der Waals surface area contributed by atoms with Crippen molar-refractivity contribution in [3.8, 4) is 11.5 Å². The van der Waals surface area contributed by atoms with Crippen LogP contribution in [0.25, 0.3) is 11.5 Å². The fourth-order valence-electron chi connectivity index (χ4n) is 2.97. The Morgan fingerprint density at radius 1 is 1.38 bits per heavy atom. The van der Waals surface area contributed by atoms with E-state index in [4.69, 9.17) is 16.1 Å². The SMILES string of the molecule is CCNC1CCCCC1c1nc(-c2ncccc2Cl)no1. The van der Waals surface area contributed by atoms with E-state index in [1.165, 1.54) is 12.8 Å². The molecule has 1 N–H and O–H groups in total. The first-order valence-electron chi connectivity index (χ1n) is 7.47. The van der Waals surface area contributed by atoms with Crippen LogP contribution in [0.3, 0.4) is 0 Å². The number of hydrogen-bond acceptors (Lipinski definition) is 5. The zero-order valence-electron chi connectivity index (χ0n) is 12.1. The minimum absolute atomic E-state index is 0.280. The van der Waals surface area contributed by atoms with Gasteiger partial charge < -0.3 is 9.84 Å². The second-order valence-electron chi connectivity index (χ2n) is 5.35. The molecule has 2 atom stereocenters. The highest BCUT2D eigenvalue weighted by Gasteiger charge is 2.30. The highest BCUT2D eigenvalue weighted by Crippen LogP contribution is 2.33. The van der Waals surface area contributed by atoms with Crippen molar-refractivity contribution in [2.75, 3.05) is 6.54 Å². The van der Waals surface area contributed by atoms with Crippen molar-refractivity contribution in [3.05, 3.63) is 29.2 Å². The summed E-state index contributed by atoms with van der Waals surface area (Å²) in [6.45, 7) is 3.08. The van der Waals surface area contributed by atoms with Crippen LogP contribution in [0, 0.1) is 0 Å².